The van der Waals surface area contributed by atoms with Crippen LogP contribution in [0, 0.1) is 0 Å². The van der Waals surface area contributed by atoms with Crippen molar-refractivity contribution in [1.82, 2.24) is 19.9 Å². The highest BCUT2D eigenvalue weighted by Crippen LogP contribution is 2.42. The maximum absolute atomic E-state index is 5.21. The molecule has 1 aliphatic heterocycles. The molecular formula is C46H31N5S. The third-order valence-corrected chi connectivity index (χ3v) is 11.1. The lowest BCUT2D eigenvalue weighted by Crippen LogP contribution is -2.24. The molecule has 0 radical (unpaired) electrons. The Bertz CT molecular complexity index is 2780. The molecule has 0 saturated heterocycles. The summed E-state index contributed by atoms with van der Waals surface area (Å²) in [5, 5.41) is 7.52. The number of hydrogen-bond donors (Lipinski definition) is 1. The fourth-order valence-electron chi connectivity index (χ4n) is 7.30. The first-order valence-electron chi connectivity index (χ1n) is 17.4. The van der Waals surface area contributed by atoms with Crippen molar-refractivity contribution in [2.45, 2.75) is 6.17 Å². The van der Waals surface area contributed by atoms with Crippen molar-refractivity contribution in [3.8, 4) is 27.3 Å². The Morgan fingerprint density at radius 2 is 1.23 bits per heavy atom. The molecular weight excluding hydrogens is 655 g/mol. The highest BCUT2D eigenvalue weighted by atomic mass is 32.1. The van der Waals surface area contributed by atoms with Crippen molar-refractivity contribution >= 4 is 54.6 Å². The number of aromatic nitrogens is 3. The third-order valence-electron chi connectivity index (χ3n) is 9.87. The van der Waals surface area contributed by atoms with Crippen LogP contribution < -0.4 is 5.32 Å². The van der Waals surface area contributed by atoms with Crippen LogP contribution in [-0.4, -0.2) is 20.2 Å². The van der Waals surface area contributed by atoms with Crippen LogP contribution in [-0.2, 0) is 0 Å². The molecule has 4 aromatic heterocycles. The van der Waals surface area contributed by atoms with Crippen LogP contribution in [0.15, 0.2) is 181 Å². The van der Waals surface area contributed by atoms with Crippen molar-refractivity contribution in [2.75, 3.05) is 0 Å². The van der Waals surface area contributed by atoms with Crippen LogP contribution in [0.25, 0.3) is 64.8 Å². The van der Waals surface area contributed by atoms with Gasteiger partial charge >= 0.3 is 0 Å². The number of para-hydroxylation sites is 1. The van der Waals surface area contributed by atoms with Gasteiger partial charge in [-0.2, -0.15) is 0 Å². The molecule has 0 bridgehead atoms. The molecule has 5 nitrogen and oxygen atoms in total. The first kappa shape index (κ1) is 30.2. The number of hydrogen-bond acceptors (Lipinski definition) is 5. The molecule has 0 fully saturated rings. The van der Waals surface area contributed by atoms with Gasteiger partial charge in [-0.05, 0) is 99.4 Å². The van der Waals surface area contributed by atoms with E-state index in [1.165, 1.54) is 42.3 Å². The predicted octanol–water partition coefficient (Wildman–Crippen LogP) is 11.3. The monoisotopic (exact) mass is 685 g/mol. The molecule has 0 amide bonds. The topological polar surface area (TPSA) is 55.1 Å². The second-order valence-corrected chi connectivity index (χ2v) is 14.0. The quantitative estimate of drug-likeness (QED) is 0.190. The average molecular weight is 686 g/mol. The van der Waals surface area contributed by atoms with E-state index < -0.39 is 0 Å². The van der Waals surface area contributed by atoms with Crippen LogP contribution in [0.2, 0.25) is 0 Å². The molecule has 52 heavy (non-hydrogen) atoms. The minimum Gasteiger partial charge on any atom is -0.360 e. The molecule has 9 aromatic rings. The smallest absolute Gasteiger partial charge is 0.145 e. The highest BCUT2D eigenvalue weighted by Gasteiger charge is 2.21. The number of thiophene rings is 1. The summed E-state index contributed by atoms with van der Waals surface area (Å²) in [7, 11) is 0. The molecule has 0 spiro atoms. The van der Waals surface area contributed by atoms with E-state index in [1.807, 2.05) is 60.4 Å². The maximum Gasteiger partial charge on any atom is 0.145 e. The average Bonchev–Trinajstić information content (AvgIpc) is 3.82. The summed E-state index contributed by atoms with van der Waals surface area (Å²) < 4.78 is 3.71. The summed E-state index contributed by atoms with van der Waals surface area (Å²) in [6, 6.07) is 51.9. The van der Waals surface area contributed by atoms with Crippen LogP contribution in [0.5, 0.6) is 0 Å². The minimum absolute atomic E-state index is 0.246. The predicted molar refractivity (Wildman–Crippen MR) is 216 cm³/mol. The second-order valence-electron chi connectivity index (χ2n) is 13.0. The Labute approximate surface area is 304 Å². The van der Waals surface area contributed by atoms with Gasteiger partial charge < -0.3 is 9.88 Å². The van der Waals surface area contributed by atoms with Crippen LogP contribution in [0.3, 0.4) is 0 Å². The number of fused-ring (bicyclic) bond motifs is 5. The van der Waals surface area contributed by atoms with Crippen molar-refractivity contribution in [2.24, 2.45) is 4.99 Å². The molecule has 0 saturated carbocycles. The minimum atomic E-state index is -0.246. The van der Waals surface area contributed by atoms with Gasteiger partial charge in [0, 0.05) is 56.5 Å². The van der Waals surface area contributed by atoms with E-state index in [0.29, 0.717) is 0 Å². The van der Waals surface area contributed by atoms with Gasteiger partial charge in [0.1, 0.15) is 6.17 Å². The first-order valence-corrected chi connectivity index (χ1v) is 18.2. The van der Waals surface area contributed by atoms with Crippen molar-refractivity contribution < 1.29 is 0 Å². The zero-order chi connectivity index (χ0) is 34.4. The number of allylic oxidation sites excluding steroid dienone is 1. The Kier molecular flexibility index (Phi) is 7.32. The maximum atomic E-state index is 5.21. The van der Waals surface area contributed by atoms with E-state index in [2.05, 4.69) is 147 Å². The van der Waals surface area contributed by atoms with Crippen molar-refractivity contribution in [1.29, 1.82) is 0 Å². The number of nitrogens with one attached hydrogen (secondary N) is 1. The highest BCUT2D eigenvalue weighted by molar-refractivity contribution is 7.23. The van der Waals surface area contributed by atoms with Gasteiger partial charge in [-0.1, -0.05) is 91.0 Å². The van der Waals surface area contributed by atoms with E-state index in [1.54, 1.807) is 0 Å². The lowest BCUT2D eigenvalue weighted by atomic mass is 10.00. The summed E-state index contributed by atoms with van der Waals surface area (Å²) >= 11 is 1.87. The van der Waals surface area contributed by atoms with Gasteiger partial charge in [0.2, 0.25) is 0 Å². The molecule has 1 N–H and O–H groups in total. The zero-order valence-electron chi connectivity index (χ0n) is 28.0. The Balaban J connectivity index is 1.05. The number of aliphatic imine (C=N–C) groups is 1. The van der Waals surface area contributed by atoms with E-state index in [-0.39, 0.29) is 6.17 Å². The van der Waals surface area contributed by atoms with E-state index >= 15 is 0 Å². The SMILES string of the molecule is C1=C(c2ccc(-c3ccncc3)cc2)NC(c2ccncc2)N=C1c1ccc(-n2c3ccccc3c3c4sc(-c5ccccc5)cc4ccc32)cc1. The standard InChI is InChI=1S/C46H31N5S/c1-2-6-34(7-3-1)43-28-36-16-19-42-44(45(36)52-43)38-8-4-5-9-41(38)51(42)37-17-14-33(15-18-37)40-29-39(49-46(50-40)35-22-26-48-27-23-35)32-12-10-30(11-13-32)31-20-24-47-25-21-31/h1-29,46,49H. The Hall–Kier alpha value is -6.63. The number of pyridine rings is 2. The van der Waals surface area contributed by atoms with Gasteiger partial charge in [-0.25, -0.2) is 0 Å². The number of nitrogens with zero attached hydrogens (tertiary/aromatic N) is 4. The first-order chi connectivity index (χ1) is 25.8. The van der Waals surface area contributed by atoms with Gasteiger partial charge in [0.05, 0.1) is 16.7 Å². The second kappa shape index (κ2) is 12.6. The van der Waals surface area contributed by atoms with Gasteiger partial charge in [0.15, 0.2) is 0 Å². The molecule has 6 heteroatoms. The lowest BCUT2D eigenvalue weighted by Gasteiger charge is -2.25. The van der Waals surface area contributed by atoms with Gasteiger partial charge in [-0.15, -0.1) is 11.3 Å². The van der Waals surface area contributed by atoms with E-state index in [4.69, 9.17) is 4.99 Å². The van der Waals surface area contributed by atoms with Crippen molar-refractivity contribution in [3.63, 3.8) is 0 Å². The summed E-state index contributed by atoms with van der Waals surface area (Å²) in [5.74, 6) is 0. The molecule has 0 aliphatic carbocycles. The van der Waals surface area contributed by atoms with Crippen LogP contribution >= 0.6 is 11.3 Å². The molecule has 1 atom stereocenters. The summed E-state index contributed by atoms with van der Waals surface area (Å²) in [5.41, 5.74) is 12.2. The van der Waals surface area contributed by atoms with Crippen molar-refractivity contribution in [3.05, 3.63) is 193 Å². The van der Waals surface area contributed by atoms with Gasteiger partial charge in [-0.3, -0.25) is 15.0 Å². The normalized spacial score (nSPS) is 14.3. The van der Waals surface area contributed by atoms with Crippen LogP contribution in [0.4, 0.5) is 0 Å². The lowest BCUT2D eigenvalue weighted by molar-refractivity contribution is 0.663. The number of rotatable bonds is 6. The number of benzene rings is 5. The summed E-state index contributed by atoms with van der Waals surface area (Å²) in [6.07, 6.45) is 9.21. The molecule has 5 aromatic carbocycles. The molecule has 10 rings (SSSR count). The molecule has 1 aliphatic rings. The fraction of sp³-hybridized carbons (Fsp3) is 0.0217. The molecule has 5 heterocycles. The fourth-order valence-corrected chi connectivity index (χ4v) is 8.52. The Morgan fingerprint density at radius 1 is 0.558 bits per heavy atom. The zero-order valence-corrected chi connectivity index (χ0v) is 28.8. The largest absolute Gasteiger partial charge is 0.360 e. The van der Waals surface area contributed by atoms with E-state index in [0.717, 1.165) is 44.9 Å². The summed E-state index contributed by atoms with van der Waals surface area (Å²) in [4.78, 5) is 14.9. The summed E-state index contributed by atoms with van der Waals surface area (Å²) in [6.45, 7) is 0. The van der Waals surface area contributed by atoms with Crippen LogP contribution in [0.1, 0.15) is 22.9 Å². The Morgan fingerprint density at radius 3 is 2.02 bits per heavy atom. The third kappa shape index (κ3) is 5.29. The van der Waals surface area contributed by atoms with Gasteiger partial charge in [0.25, 0.3) is 0 Å². The molecule has 246 valence electrons. The van der Waals surface area contributed by atoms with E-state index in [9.17, 15) is 0 Å². The molecule has 1 unspecified atom stereocenters.